The van der Waals surface area contributed by atoms with Crippen molar-refractivity contribution in [3.05, 3.63) is 35.9 Å². The summed E-state index contributed by atoms with van der Waals surface area (Å²) in [4.78, 5) is 12.9. The van der Waals surface area contributed by atoms with Gasteiger partial charge in [-0.2, -0.15) is 0 Å². The van der Waals surface area contributed by atoms with Crippen LogP contribution in [-0.2, 0) is 9.53 Å². The fraction of sp³-hybridized carbons (Fsp3) is 0.462. The number of carbonyl (C=O) groups is 1. The molecule has 1 aromatic rings. The number of ether oxygens (including phenoxy) is 1. The van der Waals surface area contributed by atoms with Crippen molar-refractivity contribution in [1.29, 1.82) is 0 Å². The molecule has 1 fully saturated rings. The Labute approximate surface area is 101 Å². The van der Waals surface area contributed by atoms with Crippen molar-refractivity contribution in [1.82, 2.24) is 4.90 Å². The van der Waals surface area contributed by atoms with Crippen LogP contribution in [0.5, 0.6) is 0 Å². The molecule has 0 aromatic heterocycles. The SMILES string of the molecule is C[C@@H](C(=O)O)N1CCO[C@H](c2ccccc2)C1. The zero-order valence-corrected chi connectivity index (χ0v) is 9.87. The molecule has 4 nitrogen and oxygen atoms in total. The van der Waals surface area contributed by atoms with Crippen LogP contribution in [0.25, 0.3) is 0 Å². The van der Waals surface area contributed by atoms with E-state index in [1.54, 1.807) is 6.92 Å². The van der Waals surface area contributed by atoms with Crippen LogP contribution in [-0.4, -0.2) is 41.7 Å². The second kappa shape index (κ2) is 5.29. The minimum Gasteiger partial charge on any atom is -0.480 e. The molecule has 0 unspecified atom stereocenters. The van der Waals surface area contributed by atoms with Gasteiger partial charge in [0.1, 0.15) is 6.04 Å². The van der Waals surface area contributed by atoms with Gasteiger partial charge in [-0.05, 0) is 12.5 Å². The van der Waals surface area contributed by atoms with E-state index in [0.717, 1.165) is 5.56 Å². The van der Waals surface area contributed by atoms with Crippen molar-refractivity contribution in [3.63, 3.8) is 0 Å². The highest BCUT2D eigenvalue weighted by molar-refractivity contribution is 5.72. The first-order valence-electron chi connectivity index (χ1n) is 5.82. The molecule has 17 heavy (non-hydrogen) atoms. The van der Waals surface area contributed by atoms with Gasteiger partial charge in [0.05, 0.1) is 12.7 Å². The molecule has 0 radical (unpaired) electrons. The number of hydrogen-bond donors (Lipinski definition) is 1. The summed E-state index contributed by atoms with van der Waals surface area (Å²) in [6, 6.07) is 9.48. The van der Waals surface area contributed by atoms with Crippen molar-refractivity contribution < 1.29 is 14.6 Å². The second-order valence-corrected chi connectivity index (χ2v) is 4.28. The molecule has 1 aliphatic heterocycles. The third-order valence-corrected chi connectivity index (χ3v) is 3.17. The molecule has 92 valence electrons. The smallest absolute Gasteiger partial charge is 0.320 e. The maximum atomic E-state index is 11.0. The van der Waals surface area contributed by atoms with Crippen molar-refractivity contribution in [2.45, 2.75) is 19.1 Å². The zero-order chi connectivity index (χ0) is 12.3. The standard InChI is InChI=1S/C13H17NO3/c1-10(13(15)16)14-7-8-17-12(9-14)11-5-3-2-4-6-11/h2-6,10,12H,7-9H2,1H3,(H,15,16)/t10-,12-/m0/s1. The number of rotatable bonds is 3. The molecule has 0 spiro atoms. The van der Waals surface area contributed by atoms with Crippen LogP contribution in [0.1, 0.15) is 18.6 Å². The Morgan fingerprint density at radius 3 is 2.82 bits per heavy atom. The fourth-order valence-electron chi connectivity index (χ4n) is 2.05. The minimum atomic E-state index is -0.779. The Hall–Kier alpha value is -1.39. The van der Waals surface area contributed by atoms with E-state index in [1.807, 2.05) is 35.2 Å². The topological polar surface area (TPSA) is 49.8 Å². The Bertz CT molecular complexity index is 380. The van der Waals surface area contributed by atoms with Crippen LogP contribution in [0.2, 0.25) is 0 Å². The molecule has 1 heterocycles. The van der Waals surface area contributed by atoms with Gasteiger partial charge >= 0.3 is 5.97 Å². The number of nitrogens with zero attached hydrogens (tertiary/aromatic N) is 1. The predicted octanol–water partition coefficient (Wildman–Crippen LogP) is 1.53. The number of carboxylic acids is 1. The van der Waals surface area contributed by atoms with Crippen molar-refractivity contribution in [3.8, 4) is 0 Å². The highest BCUT2D eigenvalue weighted by Gasteiger charge is 2.28. The van der Waals surface area contributed by atoms with E-state index in [9.17, 15) is 4.79 Å². The van der Waals surface area contributed by atoms with Crippen molar-refractivity contribution in [2.24, 2.45) is 0 Å². The Morgan fingerprint density at radius 2 is 2.18 bits per heavy atom. The molecule has 0 bridgehead atoms. The molecule has 1 aliphatic rings. The van der Waals surface area contributed by atoms with Gasteiger partial charge in [-0.15, -0.1) is 0 Å². The van der Waals surface area contributed by atoms with Crippen molar-refractivity contribution in [2.75, 3.05) is 19.7 Å². The first-order chi connectivity index (χ1) is 8.18. The lowest BCUT2D eigenvalue weighted by molar-refractivity contribution is -0.145. The molecule has 0 aliphatic carbocycles. The van der Waals surface area contributed by atoms with Gasteiger partial charge in [-0.1, -0.05) is 30.3 Å². The molecule has 1 N–H and O–H groups in total. The monoisotopic (exact) mass is 235 g/mol. The number of hydrogen-bond acceptors (Lipinski definition) is 3. The average Bonchev–Trinajstić information content (AvgIpc) is 2.39. The molecule has 2 atom stereocenters. The van der Waals surface area contributed by atoms with E-state index >= 15 is 0 Å². The first kappa shape index (κ1) is 12.1. The van der Waals surface area contributed by atoms with E-state index in [0.29, 0.717) is 19.7 Å². The van der Waals surface area contributed by atoms with E-state index in [1.165, 1.54) is 0 Å². The van der Waals surface area contributed by atoms with Gasteiger partial charge < -0.3 is 9.84 Å². The highest BCUT2D eigenvalue weighted by atomic mass is 16.5. The Balaban J connectivity index is 2.05. The number of aliphatic carboxylic acids is 1. The lowest BCUT2D eigenvalue weighted by atomic mass is 10.1. The number of carboxylic acid groups (broad SMARTS) is 1. The molecular weight excluding hydrogens is 218 g/mol. The predicted molar refractivity (Wildman–Crippen MR) is 63.8 cm³/mol. The number of morpholine rings is 1. The molecule has 1 saturated heterocycles. The third kappa shape index (κ3) is 2.84. The third-order valence-electron chi connectivity index (χ3n) is 3.17. The summed E-state index contributed by atoms with van der Waals surface area (Å²) in [5.74, 6) is -0.779. The maximum absolute atomic E-state index is 11.0. The molecular formula is C13H17NO3. The first-order valence-corrected chi connectivity index (χ1v) is 5.82. The zero-order valence-electron chi connectivity index (χ0n) is 9.87. The Morgan fingerprint density at radius 1 is 1.47 bits per heavy atom. The van der Waals surface area contributed by atoms with E-state index in [2.05, 4.69) is 0 Å². The normalized spacial score (nSPS) is 23.2. The van der Waals surface area contributed by atoms with E-state index in [-0.39, 0.29) is 6.10 Å². The summed E-state index contributed by atoms with van der Waals surface area (Å²) in [6.45, 7) is 3.61. The quantitative estimate of drug-likeness (QED) is 0.863. The van der Waals surface area contributed by atoms with Crippen LogP contribution in [0.15, 0.2) is 30.3 Å². The lowest BCUT2D eigenvalue weighted by Gasteiger charge is -2.35. The summed E-state index contributed by atoms with van der Waals surface area (Å²) in [7, 11) is 0. The van der Waals surface area contributed by atoms with Crippen LogP contribution in [0, 0.1) is 0 Å². The summed E-state index contributed by atoms with van der Waals surface area (Å²) in [5, 5.41) is 9.01. The van der Waals surface area contributed by atoms with Gasteiger partial charge in [-0.3, -0.25) is 9.69 Å². The molecule has 0 amide bonds. The molecule has 1 aromatic carbocycles. The Kier molecular flexibility index (Phi) is 3.76. The van der Waals surface area contributed by atoms with Gasteiger partial charge in [0.15, 0.2) is 0 Å². The van der Waals surface area contributed by atoms with Gasteiger partial charge in [0, 0.05) is 13.1 Å². The minimum absolute atomic E-state index is 0.0215. The van der Waals surface area contributed by atoms with E-state index in [4.69, 9.17) is 9.84 Å². The second-order valence-electron chi connectivity index (χ2n) is 4.28. The number of benzene rings is 1. The maximum Gasteiger partial charge on any atom is 0.320 e. The summed E-state index contributed by atoms with van der Waals surface area (Å²) >= 11 is 0. The summed E-state index contributed by atoms with van der Waals surface area (Å²) in [6.07, 6.45) is -0.0215. The van der Waals surface area contributed by atoms with Crippen LogP contribution in [0.4, 0.5) is 0 Å². The lowest BCUT2D eigenvalue weighted by Crippen LogP contribution is -2.46. The summed E-state index contributed by atoms with van der Waals surface area (Å²) < 4.78 is 5.69. The van der Waals surface area contributed by atoms with E-state index < -0.39 is 12.0 Å². The average molecular weight is 235 g/mol. The molecule has 2 rings (SSSR count). The van der Waals surface area contributed by atoms with Gasteiger partial charge in [0.25, 0.3) is 0 Å². The van der Waals surface area contributed by atoms with Gasteiger partial charge in [0.2, 0.25) is 0 Å². The van der Waals surface area contributed by atoms with Crippen molar-refractivity contribution >= 4 is 5.97 Å². The van der Waals surface area contributed by atoms with Crippen LogP contribution >= 0.6 is 0 Å². The molecule has 0 saturated carbocycles. The van der Waals surface area contributed by atoms with Crippen LogP contribution in [0.3, 0.4) is 0 Å². The van der Waals surface area contributed by atoms with Gasteiger partial charge in [-0.25, -0.2) is 0 Å². The fourth-order valence-corrected chi connectivity index (χ4v) is 2.05. The molecule has 4 heteroatoms. The largest absolute Gasteiger partial charge is 0.480 e. The highest BCUT2D eigenvalue weighted by Crippen LogP contribution is 2.22. The summed E-state index contributed by atoms with van der Waals surface area (Å²) in [5.41, 5.74) is 1.11. The van der Waals surface area contributed by atoms with Crippen LogP contribution < -0.4 is 0 Å².